The van der Waals surface area contributed by atoms with Crippen LogP contribution in [0.25, 0.3) is 0 Å². The van der Waals surface area contributed by atoms with Crippen molar-refractivity contribution >= 4 is 11.7 Å². The molecule has 2 saturated carbocycles. The first kappa shape index (κ1) is 14.9. The van der Waals surface area contributed by atoms with Gasteiger partial charge in [-0.2, -0.15) is 0 Å². The van der Waals surface area contributed by atoms with Crippen LogP contribution in [0.2, 0.25) is 0 Å². The Morgan fingerprint density at radius 3 is 2.39 bits per heavy atom. The minimum atomic E-state index is -0.481. The molecule has 122 valence electrons. The lowest BCUT2D eigenvalue weighted by Gasteiger charge is -2.42. The molecule has 2 unspecified atom stereocenters. The van der Waals surface area contributed by atoms with E-state index in [2.05, 4.69) is 39.0 Å². The molecule has 1 aromatic carbocycles. The molecule has 2 atom stereocenters. The van der Waals surface area contributed by atoms with Crippen molar-refractivity contribution < 1.29 is 9.59 Å². The van der Waals surface area contributed by atoms with Gasteiger partial charge in [-0.3, -0.25) is 9.59 Å². The average Bonchev–Trinajstić information content (AvgIpc) is 2.84. The van der Waals surface area contributed by atoms with E-state index in [9.17, 15) is 9.59 Å². The van der Waals surface area contributed by atoms with E-state index in [1.54, 1.807) is 0 Å². The quantitative estimate of drug-likeness (QED) is 0.797. The van der Waals surface area contributed by atoms with Gasteiger partial charge in [0.05, 0.1) is 5.41 Å². The van der Waals surface area contributed by atoms with Crippen molar-refractivity contribution in [1.29, 1.82) is 0 Å². The summed E-state index contributed by atoms with van der Waals surface area (Å²) in [4.78, 5) is 28.1. The van der Waals surface area contributed by atoms with Crippen molar-refractivity contribution in [2.75, 3.05) is 6.54 Å². The summed E-state index contributed by atoms with van der Waals surface area (Å²) >= 11 is 0. The van der Waals surface area contributed by atoms with Crippen LogP contribution >= 0.6 is 0 Å². The van der Waals surface area contributed by atoms with Crippen LogP contribution in [-0.4, -0.2) is 23.1 Å². The molecule has 3 nitrogen and oxygen atoms in total. The van der Waals surface area contributed by atoms with Crippen molar-refractivity contribution in [3.8, 4) is 0 Å². The molecular formula is C20H25NO2. The highest BCUT2D eigenvalue weighted by Crippen LogP contribution is 2.71. The molecule has 0 aromatic heterocycles. The summed E-state index contributed by atoms with van der Waals surface area (Å²) in [5.41, 5.74) is 1.56. The molecule has 3 aliphatic rings. The molecule has 2 bridgehead atoms. The number of amides is 1. The summed E-state index contributed by atoms with van der Waals surface area (Å²) in [6.07, 6.45) is 3.07. The van der Waals surface area contributed by atoms with E-state index >= 15 is 0 Å². The lowest BCUT2D eigenvalue weighted by molar-refractivity contribution is -0.148. The van der Waals surface area contributed by atoms with Gasteiger partial charge in [0, 0.05) is 24.9 Å². The molecule has 23 heavy (non-hydrogen) atoms. The van der Waals surface area contributed by atoms with Crippen molar-refractivity contribution in [3.05, 3.63) is 35.4 Å². The molecule has 0 spiro atoms. The smallest absolute Gasteiger partial charge is 0.230 e. The second-order valence-electron chi connectivity index (χ2n) is 8.38. The normalized spacial score (nSPS) is 34.6. The van der Waals surface area contributed by atoms with E-state index in [0.717, 1.165) is 25.8 Å². The number of hydrogen-bond donors (Lipinski definition) is 0. The highest BCUT2D eigenvalue weighted by molar-refractivity contribution is 5.99. The summed E-state index contributed by atoms with van der Waals surface area (Å²) in [6, 6.07) is 8.39. The maximum atomic E-state index is 13.5. The highest BCUT2D eigenvalue weighted by Gasteiger charge is 2.73. The largest absolute Gasteiger partial charge is 0.338 e. The van der Waals surface area contributed by atoms with Crippen molar-refractivity contribution in [2.24, 2.45) is 16.2 Å². The number of rotatable bonds is 1. The first-order valence-corrected chi connectivity index (χ1v) is 8.71. The number of Topliss-reactive ketones (excluding diaryl/α,β-unsaturated/α-hetero) is 1. The number of nitrogens with zero attached hydrogens (tertiary/aromatic N) is 1. The summed E-state index contributed by atoms with van der Waals surface area (Å²) in [5, 5.41) is 0. The molecule has 2 aliphatic carbocycles. The van der Waals surface area contributed by atoms with Gasteiger partial charge >= 0.3 is 0 Å². The Labute approximate surface area is 138 Å². The monoisotopic (exact) mass is 311 g/mol. The summed E-state index contributed by atoms with van der Waals surface area (Å²) in [5.74, 6) is 0.506. The third-order valence-corrected chi connectivity index (χ3v) is 7.53. The number of benzene rings is 1. The van der Waals surface area contributed by atoms with Gasteiger partial charge in [-0.05, 0) is 35.8 Å². The molecule has 1 heterocycles. The summed E-state index contributed by atoms with van der Waals surface area (Å²) < 4.78 is 0. The van der Waals surface area contributed by atoms with Crippen LogP contribution in [-0.2, 0) is 22.6 Å². The SMILES string of the molecule is CC12CCC(C(=O)N3CCc4ccccc4C3)(CC1=O)C2(C)C. The van der Waals surface area contributed by atoms with Crippen LogP contribution in [0.5, 0.6) is 0 Å². The average molecular weight is 311 g/mol. The van der Waals surface area contributed by atoms with E-state index in [0.29, 0.717) is 18.7 Å². The molecule has 1 amide bonds. The van der Waals surface area contributed by atoms with Crippen molar-refractivity contribution in [2.45, 2.75) is 53.0 Å². The van der Waals surface area contributed by atoms with Crippen molar-refractivity contribution in [3.63, 3.8) is 0 Å². The Morgan fingerprint density at radius 2 is 1.78 bits per heavy atom. The first-order valence-electron chi connectivity index (χ1n) is 8.71. The van der Waals surface area contributed by atoms with Gasteiger partial charge in [0.15, 0.2) is 0 Å². The van der Waals surface area contributed by atoms with Gasteiger partial charge < -0.3 is 4.90 Å². The van der Waals surface area contributed by atoms with Crippen LogP contribution in [0.4, 0.5) is 0 Å². The fraction of sp³-hybridized carbons (Fsp3) is 0.600. The van der Waals surface area contributed by atoms with Crippen LogP contribution in [0.15, 0.2) is 24.3 Å². The molecular weight excluding hydrogens is 286 g/mol. The highest BCUT2D eigenvalue weighted by atomic mass is 16.2. The zero-order valence-corrected chi connectivity index (χ0v) is 14.3. The molecule has 4 rings (SSSR count). The van der Waals surface area contributed by atoms with Gasteiger partial charge in [0.25, 0.3) is 0 Å². The molecule has 1 aliphatic heterocycles. The van der Waals surface area contributed by atoms with Gasteiger partial charge in [0.1, 0.15) is 5.78 Å². The lowest BCUT2D eigenvalue weighted by atomic mass is 9.64. The predicted octanol–water partition coefficient (Wildman–Crippen LogP) is 3.36. The van der Waals surface area contributed by atoms with Gasteiger partial charge in [0.2, 0.25) is 5.91 Å². The minimum Gasteiger partial charge on any atom is -0.338 e. The number of carbonyl (C=O) groups is 2. The van der Waals surface area contributed by atoms with E-state index in [1.165, 1.54) is 11.1 Å². The Balaban J connectivity index is 1.67. The number of hydrogen-bond acceptors (Lipinski definition) is 2. The predicted molar refractivity (Wildman–Crippen MR) is 88.7 cm³/mol. The zero-order valence-electron chi connectivity index (χ0n) is 14.3. The first-order chi connectivity index (χ1) is 10.8. The minimum absolute atomic E-state index is 0.214. The van der Waals surface area contributed by atoms with Gasteiger partial charge in [-0.15, -0.1) is 0 Å². The zero-order chi connectivity index (χ0) is 16.5. The van der Waals surface area contributed by atoms with Crippen LogP contribution in [0.3, 0.4) is 0 Å². The van der Waals surface area contributed by atoms with E-state index < -0.39 is 5.41 Å². The third-order valence-electron chi connectivity index (χ3n) is 7.53. The Morgan fingerprint density at radius 1 is 1.09 bits per heavy atom. The van der Waals surface area contributed by atoms with Crippen LogP contribution < -0.4 is 0 Å². The third kappa shape index (κ3) is 1.66. The number of ketones is 1. The molecule has 2 fully saturated rings. The maximum Gasteiger partial charge on any atom is 0.230 e. The summed E-state index contributed by atoms with van der Waals surface area (Å²) in [7, 11) is 0. The fourth-order valence-corrected chi connectivity index (χ4v) is 5.30. The van der Waals surface area contributed by atoms with Crippen LogP contribution in [0, 0.1) is 16.2 Å². The molecule has 3 heteroatoms. The standard InChI is InChI=1S/C20H25NO2/c1-18(2)19(3)9-10-20(18,12-16(19)22)17(23)21-11-8-14-6-4-5-7-15(14)13-21/h4-7H,8-13H2,1-3H3. The second-order valence-corrected chi connectivity index (χ2v) is 8.38. The molecule has 0 N–H and O–H groups in total. The number of carbonyl (C=O) groups excluding carboxylic acids is 2. The Kier molecular flexibility index (Phi) is 2.89. The molecule has 0 saturated heterocycles. The second kappa shape index (κ2) is 4.46. The number of fused-ring (bicyclic) bond motifs is 3. The van der Waals surface area contributed by atoms with E-state index in [4.69, 9.17) is 0 Å². The maximum absolute atomic E-state index is 13.5. The van der Waals surface area contributed by atoms with E-state index in [1.807, 2.05) is 11.0 Å². The fourth-order valence-electron chi connectivity index (χ4n) is 5.30. The summed E-state index contributed by atoms with van der Waals surface area (Å²) in [6.45, 7) is 7.82. The topological polar surface area (TPSA) is 37.4 Å². The van der Waals surface area contributed by atoms with Crippen molar-refractivity contribution in [1.82, 2.24) is 4.90 Å². The Bertz CT molecular complexity index is 707. The lowest BCUT2D eigenvalue weighted by Crippen LogP contribution is -2.50. The van der Waals surface area contributed by atoms with Crippen LogP contribution in [0.1, 0.15) is 51.2 Å². The Hall–Kier alpha value is -1.64. The van der Waals surface area contributed by atoms with E-state index in [-0.39, 0.29) is 16.7 Å². The van der Waals surface area contributed by atoms with Gasteiger partial charge in [-0.25, -0.2) is 0 Å². The van der Waals surface area contributed by atoms with Gasteiger partial charge in [-0.1, -0.05) is 45.0 Å². The molecule has 1 aromatic rings. The molecule has 0 radical (unpaired) electrons.